The number of carbonyl (C=O) groups excluding carboxylic acids is 1. The van der Waals surface area contributed by atoms with Crippen LogP contribution in [0.2, 0.25) is 0 Å². The average molecular weight is 383 g/mol. The molecule has 6 nitrogen and oxygen atoms in total. The van der Waals surface area contributed by atoms with Crippen molar-refractivity contribution in [2.45, 2.75) is 32.0 Å². The van der Waals surface area contributed by atoms with Crippen LogP contribution in [0, 0.1) is 5.82 Å². The summed E-state index contributed by atoms with van der Waals surface area (Å²) < 4.78 is 20.4. The van der Waals surface area contributed by atoms with Crippen LogP contribution < -0.4 is 11.1 Å². The van der Waals surface area contributed by atoms with E-state index in [-0.39, 0.29) is 24.3 Å². The van der Waals surface area contributed by atoms with E-state index in [1.807, 2.05) is 6.07 Å². The molecule has 0 radical (unpaired) electrons. The molecule has 0 bridgehead atoms. The lowest BCUT2D eigenvalue weighted by molar-refractivity contribution is -0.122. The molecule has 1 aromatic heterocycles. The maximum absolute atomic E-state index is 13.9. The maximum atomic E-state index is 13.9. The Labute approximate surface area is 161 Å². The molecule has 146 valence electrons. The Bertz CT molecular complexity index is 1040. The topological polar surface area (TPSA) is 67.5 Å². The van der Waals surface area contributed by atoms with Crippen LogP contribution in [-0.2, 0) is 17.9 Å². The molecule has 2 aromatic carbocycles. The Morgan fingerprint density at radius 3 is 2.82 bits per heavy atom. The van der Waals surface area contributed by atoms with Gasteiger partial charge in [-0.15, -0.1) is 0 Å². The zero-order valence-corrected chi connectivity index (χ0v) is 15.4. The van der Waals surface area contributed by atoms with Gasteiger partial charge in [-0.25, -0.2) is 9.18 Å². The Kier molecular flexibility index (Phi) is 5.25. The van der Waals surface area contributed by atoms with Crippen LogP contribution in [-0.4, -0.2) is 34.5 Å². The summed E-state index contributed by atoms with van der Waals surface area (Å²) in [7, 11) is 0. The highest BCUT2D eigenvalue weighted by molar-refractivity contribution is 5.79. The van der Waals surface area contributed by atoms with Gasteiger partial charge in [0.05, 0.1) is 5.52 Å². The molecular weight excluding hydrogens is 361 g/mol. The smallest absolute Gasteiger partial charge is 0.408 e. The zero-order valence-electron chi connectivity index (χ0n) is 15.4. The number of carbonyl (C=O) groups is 1. The molecule has 1 N–H and O–H groups in total. The van der Waals surface area contributed by atoms with E-state index in [9.17, 15) is 14.0 Å². The molecule has 0 spiro atoms. The normalized spacial score (nSPS) is 17.7. The number of piperidine rings is 1. The van der Waals surface area contributed by atoms with Crippen LogP contribution in [0.25, 0.3) is 11.1 Å². The predicted molar refractivity (Wildman–Crippen MR) is 103 cm³/mol. The van der Waals surface area contributed by atoms with Gasteiger partial charge >= 0.3 is 5.76 Å². The molecule has 2 heterocycles. The summed E-state index contributed by atoms with van der Waals surface area (Å²) in [4.78, 5) is 26.7. The van der Waals surface area contributed by atoms with Crippen molar-refractivity contribution in [2.24, 2.45) is 0 Å². The van der Waals surface area contributed by atoms with E-state index >= 15 is 0 Å². The summed E-state index contributed by atoms with van der Waals surface area (Å²) >= 11 is 0. The molecule has 1 atom stereocenters. The molecule has 1 aliphatic heterocycles. The predicted octanol–water partition coefficient (Wildman–Crippen LogP) is 2.51. The van der Waals surface area contributed by atoms with E-state index in [0.717, 1.165) is 19.4 Å². The fourth-order valence-corrected chi connectivity index (χ4v) is 3.77. The van der Waals surface area contributed by atoms with Gasteiger partial charge in [-0.05, 0) is 37.6 Å². The minimum Gasteiger partial charge on any atom is -0.408 e. The second-order valence-corrected chi connectivity index (χ2v) is 7.16. The van der Waals surface area contributed by atoms with Gasteiger partial charge in [-0.3, -0.25) is 14.3 Å². The van der Waals surface area contributed by atoms with Gasteiger partial charge in [-0.2, -0.15) is 0 Å². The molecule has 1 aliphatic rings. The van der Waals surface area contributed by atoms with E-state index < -0.39 is 5.76 Å². The largest absolute Gasteiger partial charge is 0.420 e. The number of nitrogens with one attached hydrogen (secondary N) is 1. The summed E-state index contributed by atoms with van der Waals surface area (Å²) in [5.41, 5.74) is 1.73. The third kappa shape index (κ3) is 3.99. The van der Waals surface area contributed by atoms with Crippen molar-refractivity contribution in [3.05, 3.63) is 70.5 Å². The van der Waals surface area contributed by atoms with E-state index in [1.165, 1.54) is 10.6 Å². The third-order valence-corrected chi connectivity index (χ3v) is 5.10. The van der Waals surface area contributed by atoms with Crippen molar-refractivity contribution >= 4 is 17.0 Å². The molecule has 1 saturated heterocycles. The standard InChI is InChI=1S/C21H22FN3O3/c22-17-8-2-1-6-15(17)12-24-11-5-7-16(13-24)23-20(26)14-25-18-9-3-4-10-19(18)28-21(25)27/h1-4,6,8-10,16H,5,7,11-14H2,(H,23,26). The molecule has 4 rings (SSSR count). The van der Waals surface area contributed by atoms with Crippen LogP contribution in [0.15, 0.2) is 57.7 Å². The van der Waals surface area contributed by atoms with Gasteiger partial charge in [0.1, 0.15) is 12.4 Å². The number of amides is 1. The number of hydrogen-bond donors (Lipinski definition) is 1. The van der Waals surface area contributed by atoms with Crippen molar-refractivity contribution in [1.29, 1.82) is 0 Å². The van der Waals surface area contributed by atoms with Crippen LogP contribution in [0.5, 0.6) is 0 Å². The van der Waals surface area contributed by atoms with Gasteiger partial charge < -0.3 is 9.73 Å². The summed E-state index contributed by atoms with van der Waals surface area (Å²) in [5.74, 6) is -0.979. The average Bonchev–Trinajstić information content (AvgIpc) is 2.99. The Balaban J connectivity index is 1.38. The van der Waals surface area contributed by atoms with Gasteiger partial charge in [0.25, 0.3) is 0 Å². The number of halogens is 1. The second-order valence-electron chi connectivity index (χ2n) is 7.16. The summed E-state index contributed by atoms with van der Waals surface area (Å²) in [6.07, 6.45) is 1.79. The van der Waals surface area contributed by atoms with Crippen molar-refractivity contribution in [1.82, 2.24) is 14.8 Å². The fourth-order valence-electron chi connectivity index (χ4n) is 3.77. The first kappa shape index (κ1) is 18.4. The zero-order chi connectivity index (χ0) is 19.5. The maximum Gasteiger partial charge on any atom is 0.420 e. The number of hydrogen-bond acceptors (Lipinski definition) is 4. The van der Waals surface area contributed by atoms with Crippen molar-refractivity contribution in [3.63, 3.8) is 0 Å². The molecular formula is C21H22FN3O3. The Morgan fingerprint density at radius 1 is 1.18 bits per heavy atom. The molecule has 1 amide bonds. The highest BCUT2D eigenvalue weighted by Gasteiger charge is 2.23. The van der Waals surface area contributed by atoms with E-state index in [2.05, 4.69) is 10.2 Å². The number of para-hydroxylation sites is 2. The SMILES string of the molecule is O=C(Cn1c(=O)oc2ccccc21)NC1CCCN(Cc2ccccc2F)C1. The lowest BCUT2D eigenvalue weighted by atomic mass is 10.0. The van der Waals surface area contributed by atoms with Crippen LogP contribution >= 0.6 is 0 Å². The Hall–Kier alpha value is -2.93. The first-order valence-corrected chi connectivity index (χ1v) is 9.43. The summed E-state index contributed by atoms with van der Waals surface area (Å²) in [6, 6.07) is 13.8. The van der Waals surface area contributed by atoms with Crippen molar-refractivity contribution < 1.29 is 13.6 Å². The fraction of sp³-hybridized carbons (Fsp3) is 0.333. The lowest BCUT2D eigenvalue weighted by Gasteiger charge is -2.33. The monoisotopic (exact) mass is 383 g/mol. The van der Waals surface area contributed by atoms with Crippen LogP contribution in [0.3, 0.4) is 0 Å². The molecule has 1 fully saturated rings. The number of fused-ring (bicyclic) bond motifs is 1. The molecule has 28 heavy (non-hydrogen) atoms. The number of nitrogens with zero attached hydrogens (tertiary/aromatic N) is 2. The minimum absolute atomic E-state index is 0.0260. The summed E-state index contributed by atoms with van der Waals surface area (Å²) in [6.45, 7) is 1.96. The van der Waals surface area contributed by atoms with E-state index in [4.69, 9.17) is 4.42 Å². The number of rotatable bonds is 5. The molecule has 3 aromatic rings. The second kappa shape index (κ2) is 7.98. The van der Waals surface area contributed by atoms with Crippen LogP contribution in [0.1, 0.15) is 18.4 Å². The number of benzene rings is 2. The van der Waals surface area contributed by atoms with Crippen molar-refractivity contribution in [2.75, 3.05) is 13.1 Å². The highest BCUT2D eigenvalue weighted by Crippen LogP contribution is 2.16. The van der Waals surface area contributed by atoms with Gasteiger partial charge in [0.15, 0.2) is 5.58 Å². The first-order valence-electron chi connectivity index (χ1n) is 9.43. The first-order chi connectivity index (χ1) is 13.6. The highest BCUT2D eigenvalue weighted by atomic mass is 19.1. The summed E-state index contributed by atoms with van der Waals surface area (Å²) in [5, 5.41) is 3.00. The quantitative estimate of drug-likeness (QED) is 0.735. The number of oxazole rings is 1. The Morgan fingerprint density at radius 2 is 1.96 bits per heavy atom. The number of aromatic nitrogens is 1. The van der Waals surface area contributed by atoms with E-state index in [1.54, 1.807) is 36.4 Å². The minimum atomic E-state index is -0.541. The van der Waals surface area contributed by atoms with E-state index in [0.29, 0.717) is 29.8 Å². The molecule has 7 heteroatoms. The van der Waals surface area contributed by atoms with Crippen molar-refractivity contribution in [3.8, 4) is 0 Å². The number of likely N-dealkylation sites (tertiary alicyclic amines) is 1. The van der Waals surface area contributed by atoms with Gasteiger partial charge in [0, 0.05) is 24.7 Å². The third-order valence-electron chi connectivity index (χ3n) is 5.10. The molecule has 0 aliphatic carbocycles. The molecule has 0 saturated carbocycles. The molecule has 1 unspecified atom stereocenters. The lowest BCUT2D eigenvalue weighted by Crippen LogP contribution is -2.48. The van der Waals surface area contributed by atoms with Crippen LogP contribution in [0.4, 0.5) is 4.39 Å². The van der Waals surface area contributed by atoms with Gasteiger partial charge in [-0.1, -0.05) is 30.3 Å². The van der Waals surface area contributed by atoms with Gasteiger partial charge in [0.2, 0.25) is 5.91 Å².